The van der Waals surface area contributed by atoms with E-state index in [1.807, 2.05) is 26.0 Å². The molecule has 4 heteroatoms. The fourth-order valence-electron chi connectivity index (χ4n) is 2.45. The number of esters is 1. The maximum Gasteiger partial charge on any atom is 0.306 e. The van der Waals surface area contributed by atoms with Gasteiger partial charge in [0.15, 0.2) is 0 Å². The summed E-state index contributed by atoms with van der Waals surface area (Å²) in [6.45, 7) is 3.93. The van der Waals surface area contributed by atoms with Crippen LogP contribution >= 0.6 is 11.6 Å². The van der Waals surface area contributed by atoms with E-state index in [2.05, 4.69) is 0 Å². The van der Waals surface area contributed by atoms with E-state index in [0.717, 1.165) is 12.0 Å². The zero-order valence-electron chi connectivity index (χ0n) is 11.2. The fraction of sp³-hybridized carbons (Fsp3) is 0.533. The first-order valence-corrected chi connectivity index (χ1v) is 7.01. The summed E-state index contributed by atoms with van der Waals surface area (Å²) in [4.78, 5) is 11.7. The Bertz CT molecular complexity index is 470. The van der Waals surface area contributed by atoms with Gasteiger partial charge in [0.05, 0.1) is 0 Å². The molecule has 104 valence electrons. The largest absolute Gasteiger partial charge is 0.459 e. The summed E-state index contributed by atoms with van der Waals surface area (Å²) in [6, 6.07) is 5.58. The molecule has 19 heavy (non-hydrogen) atoms. The second kappa shape index (κ2) is 5.93. The van der Waals surface area contributed by atoms with E-state index in [4.69, 9.17) is 16.3 Å². The average molecular weight is 283 g/mol. The lowest BCUT2D eigenvalue weighted by atomic mass is 9.87. The number of halogens is 1. The van der Waals surface area contributed by atoms with E-state index >= 15 is 0 Å². The van der Waals surface area contributed by atoms with Gasteiger partial charge in [-0.3, -0.25) is 4.79 Å². The van der Waals surface area contributed by atoms with Crippen LogP contribution in [0.1, 0.15) is 43.9 Å². The molecule has 0 spiro atoms. The zero-order chi connectivity index (χ0) is 14.0. The number of benzene rings is 1. The van der Waals surface area contributed by atoms with Gasteiger partial charge < -0.3 is 9.84 Å². The normalized spacial score (nSPS) is 22.2. The summed E-state index contributed by atoms with van der Waals surface area (Å²) >= 11 is 6.12. The van der Waals surface area contributed by atoms with E-state index in [1.54, 1.807) is 6.07 Å². The monoisotopic (exact) mass is 282 g/mol. The third-order valence-corrected chi connectivity index (χ3v) is 3.68. The highest BCUT2D eigenvalue weighted by Gasteiger charge is 2.32. The van der Waals surface area contributed by atoms with Crippen molar-refractivity contribution in [2.45, 2.75) is 45.3 Å². The van der Waals surface area contributed by atoms with Crippen LogP contribution in [0.25, 0.3) is 0 Å². The number of carbonyl (C=O) groups excluding carboxylic acids is 1. The number of hydrogen-bond acceptors (Lipinski definition) is 3. The lowest BCUT2D eigenvalue weighted by Gasteiger charge is -2.30. The van der Waals surface area contributed by atoms with E-state index in [1.165, 1.54) is 0 Å². The Kier molecular flexibility index (Phi) is 4.48. The highest BCUT2D eigenvalue weighted by Crippen LogP contribution is 2.36. The van der Waals surface area contributed by atoms with Crippen LogP contribution in [0.2, 0.25) is 5.02 Å². The molecule has 1 aliphatic rings. The number of fused-ring (bicyclic) bond motifs is 1. The molecule has 1 aromatic carbocycles. The second-order valence-corrected chi connectivity index (χ2v) is 5.83. The zero-order valence-corrected chi connectivity index (χ0v) is 12.0. The molecule has 3 nitrogen and oxygen atoms in total. The molecule has 0 radical (unpaired) electrons. The van der Waals surface area contributed by atoms with Crippen molar-refractivity contribution in [1.29, 1.82) is 0 Å². The molecule has 0 heterocycles. The Labute approximate surface area is 118 Å². The van der Waals surface area contributed by atoms with Gasteiger partial charge in [0.1, 0.15) is 12.2 Å². The lowest BCUT2D eigenvalue weighted by molar-refractivity contribution is -0.157. The molecule has 0 saturated carbocycles. The maximum atomic E-state index is 11.7. The van der Waals surface area contributed by atoms with E-state index in [-0.39, 0.29) is 11.9 Å². The molecule has 1 aromatic rings. The molecular formula is C15H19ClO3. The molecular weight excluding hydrogens is 264 g/mol. The minimum absolute atomic E-state index is 0.254. The Morgan fingerprint density at radius 3 is 2.95 bits per heavy atom. The molecule has 0 aromatic heterocycles. The van der Waals surface area contributed by atoms with Gasteiger partial charge in [0.2, 0.25) is 0 Å². The smallest absolute Gasteiger partial charge is 0.306 e. The predicted octanol–water partition coefficient (Wildman–Crippen LogP) is 3.28. The SMILES string of the molecule is CC(C)CC(=O)O[C@@H]1CCc2cccc(Cl)c2[C@@H]1O. The molecule has 1 aliphatic carbocycles. The van der Waals surface area contributed by atoms with Crippen LogP contribution in [0.15, 0.2) is 18.2 Å². The van der Waals surface area contributed by atoms with Crippen molar-refractivity contribution in [3.63, 3.8) is 0 Å². The van der Waals surface area contributed by atoms with Crippen molar-refractivity contribution < 1.29 is 14.6 Å². The number of ether oxygens (including phenoxy) is 1. The first-order valence-electron chi connectivity index (χ1n) is 6.64. The average Bonchev–Trinajstić information content (AvgIpc) is 2.32. The second-order valence-electron chi connectivity index (χ2n) is 5.42. The minimum atomic E-state index is -0.825. The van der Waals surface area contributed by atoms with Crippen LogP contribution in [0, 0.1) is 5.92 Å². The number of carbonyl (C=O) groups is 1. The Morgan fingerprint density at radius 1 is 1.53 bits per heavy atom. The third-order valence-electron chi connectivity index (χ3n) is 3.35. The van der Waals surface area contributed by atoms with Crippen LogP contribution < -0.4 is 0 Å². The highest BCUT2D eigenvalue weighted by atomic mass is 35.5. The van der Waals surface area contributed by atoms with Crippen LogP contribution in [0.4, 0.5) is 0 Å². The molecule has 0 bridgehead atoms. The lowest BCUT2D eigenvalue weighted by Crippen LogP contribution is -2.30. The van der Waals surface area contributed by atoms with Gasteiger partial charge in [-0.05, 0) is 30.4 Å². The van der Waals surface area contributed by atoms with Crippen LogP contribution in [0.5, 0.6) is 0 Å². The van der Waals surface area contributed by atoms with Crippen molar-refractivity contribution in [3.05, 3.63) is 34.3 Å². The summed E-state index contributed by atoms with van der Waals surface area (Å²) in [5.41, 5.74) is 1.74. The molecule has 2 atom stereocenters. The summed E-state index contributed by atoms with van der Waals surface area (Å²) < 4.78 is 5.38. The standard InChI is InChI=1S/C15H19ClO3/c1-9(2)8-13(17)19-12-7-6-10-4-3-5-11(16)14(10)15(12)18/h3-5,9,12,15,18H,6-8H2,1-2H3/t12-,15-/m1/s1. The molecule has 2 rings (SSSR count). The van der Waals surface area contributed by atoms with E-state index in [0.29, 0.717) is 23.4 Å². The molecule has 1 N–H and O–H groups in total. The van der Waals surface area contributed by atoms with Gasteiger partial charge in [-0.25, -0.2) is 0 Å². The van der Waals surface area contributed by atoms with Crippen molar-refractivity contribution in [2.75, 3.05) is 0 Å². The summed E-state index contributed by atoms with van der Waals surface area (Å²) in [6.07, 6.45) is 0.469. The van der Waals surface area contributed by atoms with Crippen molar-refractivity contribution in [2.24, 2.45) is 5.92 Å². The Balaban J connectivity index is 2.11. The molecule has 0 fully saturated rings. The summed E-state index contributed by atoms with van der Waals surface area (Å²) in [5.74, 6) is -0.00124. The Morgan fingerprint density at radius 2 is 2.26 bits per heavy atom. The van der Waals surface area contributed by atoms with Crippen molar-refractivity contribution in [1.82, 2.24) is 0 Å². The molecule has 0 unspecified atom stereocenters. The number of rotatable bonds is 3. The van der Waals surface area contributed by atoms with Gasteiger partial charge in [-0.2, -0.15) is 0 Å². The first kappa shape index (κ1) is 14.4. The number of aryl methyl sites for hydroxylation is 1. The van der Waals surface area contributed by atoms with E-state index < -0.39 is 12.2 Å². The predicted molar refractivity (Wildman–Crippen MR) is 74.1 cm³/mol. The number of hydrogen-bond donors (Lipinski definition) is 1. The summed E-state index contributed by atoms with van der Waals surface area (Å²) in [7, 11) is 0. The number of aliphatic hydroxyl groups is 1. The number of aliphatic hydroxyl groups excluding tert-OH is 1. The highest BCUT2D eigenvalue weighted by molar-refractivity contribution is 6.31. The third kappa shape index (κ3) is 3.28. The first-order chi connectivity index (χ1) is 8.99. The fourth-order valence-corrected chi connectivity index (χ4v) is 2.75. The van der Waals surface area contributed by atoms with Gasteiger partial charge in [0.25, 0.3) is 0 Å². The Hall–Kier alpha value is -1.06. The van der Waals surface area contributed by atoms with Crippen LogP contribution in [-0.2, 0) is 16.0 Å². The van der Waals surface area contributed by atoms with Gasteiger partial charge in [-0.15, -0.1) is 0 Å². The molecule has 0 aliphatic heterocycles. The molecule has 0 saturated heterocycles. The molecule has 0 amide bonds. The minimum Gasteiger partial charge on any atom is -0.459 e. The quantitative estimate of drug-likeness (QED) is 0.866. The van der Waals surface area contributed by atoms with Gasteiger partial charge in [-0.1, -0.05) is 37.6 Å². The van der Waals surface area contributed by atoms with Gasteiger partial charge >= 0.3 is 5.97 Å². The van der Waals surface area contributed by atoms with Crippen LogP contribution in [0.3, 0.4) is 0 Å². The van der Waals surface area contributed by atoms with Gasteiger partial charge in [0, 0.05) is 17.0 Å². The van der Waals surface area contributed by atoms with Crippen molar-refractivity contribution >= 4 is 17.6 Å². The van der Waals surface area contributed by atoms with Crippen molar-refractivity contribution in [3.8, 4) is 0 Å². The summed E-state index contributed by atoms with van der Waals surface area (Å²) in [5, 5.41) is 10.9. The maximum absolute atomic E-state index is 11.7. The topological polar surface area (TPSA) is 46.5 Å². The van der Waals surface area contributed by atoms with E-state index in [9.17, 15) is 9.90 Å². The van der Waals surface area contributed by atoms with Crippen LogP contribution in [-0.4, -0.2) is 17.2 Å².